The van der Waals surface area contributed by atoms with Crippen LogP contribution in [0.1, 0.15) is 15.9 Å². The smallest absolute Gasteiger partial charge is 0.251 e. The van der Waals surface area contributed by atoms with Crippen molar-refractivity contribution in [2.75, 3.05) is 20.8 Å². The van der Waals surface area contributed by atoms with Gasteiger partial charge in [-0.2, -0.15) is 0 Å². The van der Waals surface area contributed by atoms with E-state index in [1.54, 1.807) is 14.2 Å². The fraction of sp³-hybridized carbons (Fsp3) is 0.211. The molecule has 2 N–H and O–H groups in total. The molecule has 5 nitrogen and oxygen atoms in total. The van der Waals surface area contributed by atoms with E-state index in [-0.39, 0.29) is 5.91 Å². The van der Waals surface area contributed by atoms with Gasteiger partial charge in [-0.1, -0.05) is 6.07 Å². The minimum Gasteiger partial charge on any atom is -0.493 e. The number of aromatic nitrogens is 1. The molecule has 1 amide bonds. The number of hydrogen-bond acceptors (Lipinski definition) is 3. The van der Waals surface area contributed by atoms with E-state index in [0.29, 0.717) is 23.6 Å². The monoisotopic (exact) mass is 324 g/mol. The Hall–Kier alpha value is -2.95. The van der Waals surface area contributed by atoms with Gasteiger partial charge in [0.25, 0.3) is 5.91 Å². The third kappa shape index (κ3) is 3.35. The molecule has 1 heterocycles. The molecular weight excluding hydrogens is 304 g/mol. The number of methoxy groups -OCH3 is 2. The number of carbonyl (C=O) groups is 1. The van der Waals surface area contributed by atoms with Crippen LogP contribution in [0, 0.1) is 0 Å². The molecule has 0 atom stereocenters. The first kappa shape index (κ1) is 15.9. The maximum atomic E-state index is 12.3. The summed E-state index contributed by atoms with van der Waals surface area (Å²) in [4.78, 5) is 15.4. The van der Waals surface area contributed by atoms with Crippen molar-refractivity contribution in [3.63, 3.8) is 0 Å². The molecule has 5 heteroatoms. The maximum Gasteiger partial charge on any atom is 0.251 e. The average molecular weight is 324 g/mol. The first-order chi connectivity index (χ1) is 11.7. The third-order valence-electron chi connectivity index (χ3n) is 3.96. The number of H-pyrrole nitrogens is 1. The van der Waals surface area contributed by atoms with E-state index in [4.69, 9.17) is 9.47 Å². The highest BCUT2D eigenvalue weighted by Crippen LogP contribution is 2.27. The van der Waals surface area contributed by atoms with Gasteiger partial charge in [0, 0.05) is 29.2 Å². The van der Waals surface area contributed by atoms with Crippen LogP contribution in [0.5, 0.6) is 11.5 Å². The molecule has 0 saturated carbocycles. The van der Waals surface area contributed by atoms with Crippen molar-refractivity contribution in [2.24, 2.45) is 0 Å². The van der Waals surface area contributed by atoms with Crippen LogP contribution in [-0.2, 0) is 6.42 Å². The summed E-state index contributed by atoms with van der Waals surface area (Å²) in [5.74, 6) is 1.32. The van der Waals surface area contributed by atoms with E-state index in [9.17, 15) is 4.79 Å². The first-order valence-electron chi connectivity index (χ1n) is 7.77. The van der Waals surface area contributed by atoms with Crippen molar-refractivity contribution >= 4 is 16.8 Å². The highest BCUT2D eigenvalue weighted by Gasteiger charge is 2.08. The zero-order valence-electron chi connectivity index (χ0n) is 13.8. The molecule has 0 radical (unpaired) electrons. The minimum absolute atomic E-state index is 0.0708. The Morgan fingerprint density at radius 1 is 1.04 bits per heavy atom. The van der Waals surface area contributed by atoms with Crippen molar-refractivity contribution < 1.29 is 14.3 Å². The van der Waals surface area contributed by atoms with Crippen molar-refractivity contribution in [2.45, 2.75) is 6.42 Å². The number of fused-ring (bicyclic) bond motifs is 1. The van der Waals surface area contributed by atoms with Gasteiger partial charge in [0.2, 0.25) is 0 Å². The van der Waals surface area contributed by atoms with E-state index in [2.05, 4.69) is 10.3 Å². The van der Waals surface area contributed by atoms with Crippen LogP contribution in [0.2, 0.25) is 0 Å². The van der Waals surface area contributed by atoms with Crippen molar-refractivity contribution in [1.82, 2.24) is 10.3 Å². The number of hydrogen-bond donors (Lipinski definition) is 2. The van der Waals surface area contributed by atoms with Gasteiger partial charge in [0.15, 0.2) is 11.5 Å². The van der Waals surface area contributed by atoms with E-state index >= 15 is 0 Å². The van der Waals surface area contributed by atoms with E-state index < -0.39 is 0 Å². The van der Waals surface area contributed by atoms with Gasteiger partial charge >= 0.3 is 0 Å². The van der Waals surface area contributed by atoms with Crippen molar-refractivity contribution in [3.8, 4) is 11.5 Å². The Bertz CT molecular complexity index is 855. The lowest BCUT2D eigenvalue weighted by Crippen LogP contribution is -2.25. The lowest BCUT2D eigenvalue weighted by Gasteiger charge is -2.10. The number of rotatable bonds is 6. The van der Waals surface area contributed by atoms with Gasteiger partial charge in [-0.25, -0.2) is 0 Å². The lowest BCUT2D eigenvalue weighted by molar-refractivity contribution is 0.0954. The molecular formula is C19H20N2O3. The van der Waals surface area contributed by atoms with Gasteiger partial charge in [-0.15, -0.1) is 0 Å². The molecule has 3 aromatic rings. The second kappa shape index (κ2) is 7.08. The average Bonchev–Trinajstić information content (AvgIpc) is 3.09. The molecule has 24 heavy (non-hydrogen) atoms. The summed E-state index contributed by atoms with van der Waals surface area (Å²) in [6.07, 6.45) is 2.59. The highest BCUT2D eigenvalue weighted by atomic mass is 16.5. The summed E-state index contributed by atoms with van der Waals surface area (Å²) in [5.41, 5.74) is 2.76. The highest BCUT2D eigenvalue weighted by molar-refractivity contribution is 5.98. The van der Waals surface area contributed by atoms with Crippen LogP contribution in [0.15, 0.2) is 48.7 Å². The van der Waals surface area contributed by atoms with E-state index in [1.165, 1.54) is 0 Å². The van der Waals surface area contributed by atoms with E-state index in [1.807, 2.05) is 48.7 Å². The van der Waals surface area contributed by atoms with Crippen LogP contribution in [0.3, 0.4) is 0 Å². The second-order valence-electron chi connectivity index (χ2n) is 5.47. The van der Waals surface area contributed by atoms with Crippen LogP contribution in [-0.4, -0.2) is 31.7 Å². The maximum absolute atomic E-state index is 12.3. The summed E-state index contributed by atoms with van der Waals surface area (Å²) in [5, 5.41) is 3.98. The summed E-state index contributed by atoms with van der Waals surface area (Å²) < 4.78 is 10.5. The molecule has 0 aliphatic rings. The first-order valence-corrected chi connectivity index (χ1v) is 7.77. The summed E-state index contributed by atoms with van der Waals surface area (Å²) in [7, 11) is 3.22. The van der Waals surface area contributed by atoms with Gasteiger partial charge in [-0.3, -0.25) is 4.79 Å². The molecule has 0 aliphatic carbocycles. The summed E-state index contributed by atoms with van der Waals surface area (Å²) >= 11 is 0. The van der Waals surface area contributed by atoms with E-state index in [0.717, 1.165) is 22.9 Å². The van der Waals surface area contributed by atoms with Gasteiger partial charge in [0.05, 0.1) is 14.2 Å². The third-order valence-corrected chi connectivity index (χ3v) is 3.96. The van der Waals surface area contributed by atoms with Crippen LogP contribution >= 0.6 is 0 Å². The lowest BCUT2D eigenvalue weighted by atomic mass is 10.1. The van der Waals surface area contributed by atoms with Gasteiger partial charge in [-0.05, 0) is 48.4 Å². The largest absolute Gasteiger partial charge is 0.493 e. The Kier molecular flexibility index (Phi) is 4.70. The zero-order valence-corrected chi connectivity index (χ0v) is 13.8. The topological polar surface area (TPSA) is 63.3 Å². The molecule has 0 bridgehead atoms. The molecule has 0 aliphatic heterocycles. The van der Waals surface area contributed by atoms with Crippen LogP contribution in [0.25, 0.3) is 10.9 Å². The zero-order chi connectivity index (χ0) is 16.9. The molecule has 0 unspecified atom stereocenters. The van der Waals surface area contributed by atoms with Gasteiger partial charge in [0.1, 0.15) is 0 Å². The Morgan fingerprint density at radius 2 is 1.88 bits per heavy atom. The number of ether oxygens (including phenoxy) is 2. The molecule has 2 aromatic carbocycles. The molecule has 124 valence electrons. The fourth-order valence-electron chi connectivity index (χ4n) is 2.65. The number of carbonyl (C=O) groups excluding carboxylic acids is 1. The number of benzene rings is 2. The molecule has 0 fully saturated rings. The van der Waals surface area contributed by atoms with Crippen LogP contribution < -0.4 is 14.8 Å². The van der Waals surface area contributed by atoms with Gasteiger partial charge < -0.3 is 19.8 Å². The predicted molar refractivity (Wildman–Crippen MR) is 93.9 cm³/mol. The summed E-state index contributed by atoms with van der Waals surface area (Å²) in [6.45, 7) is 0.555. The van der Waals surface area contributed by atoms with Crippen molar-refractivity contribution in [3.05, 3.63) is 59.8 Å². The second-order valence-corrected chi connectivity index (χ2v) is 5.47. The molecule has 1 aromatic heterocycles. The Labute approximate surface area is 140 Å². The number of aromatic amines is 1. The Morgan fingerprint density at radius 3 is 2.67 bits per heavy atom. The quantitative estimate of drug-likeness (QED) is 0.732. The van der Waals surface area contributed by atoms with Crippen molar-refractivity contribution in [1.29, 1.82) is 0 Å². The standard InChI is InChI=1S/C19H20N2O3/c1-23-17-6-3-13(11-18(17)24-2)7-9-21-19(22)15-4-5-16-14(12-15)8-10-20-16/h3-6,8,10-12,20H,7,9H2,1-2H3,(H,21,22). The summed E-state index contributed by atoms with van der Waals surface area (Å²) in [6, 6.07) is 13.3. The predicted octanol–water partition coefficient (Wildman–Crippen LogP) is 3.16. The van der Waals surface area contributed by atoms with Crippen LogP contribution in [0.4, 0.5) is 0 Å². The fourth-order valence-corrected chi connectivity index (χ4v) is 2.65. The SMILES string of the molecule is COc1ccc(CCNC(=O)c2ccc3[nH]ccc3c2)cc1OC. The minimum atomic E-state index is -0.0708. The molecule has 3 rings (SSSR count). The molecule has 0 spiro atoms. The number of amides is 1. The molecule has 0 saturated heterocycles. The number of nitrogens with one attached hydrogen (secondary N) is 2. The normalized spacial score (nSPS) is 10.6. The Balaban J connectivity index is 1.60.